The van der Waals surface area contributed by atoms with Crippen LogP contribution in [0.15, 0.2) is 48.8 Å². The molecule has 0 radical (unpaired) electrons. The molecule has 0 fully saturated rings. The molecular formula is C17H17N3. The first kappa shape index (κ1) is 12.6. The maximum absolute atomic E-state index is 5.99. The number of hydrogen-bond donors (Lipinski definition) is 1. The fourth-order valence-electron chi connectivity index (χ4n) is 2.59. The number of aromatic nitrogens is 2. The molecule has 0 saturated carbocycles. The lowest BCUT2D eigenvalue weighted by Gasteiger charge is -2.11. The monoisotopic (exact) mass is 263 g/mol. The van der Waals surface area contributed by atoms with E-state index in [0.29, 0.717) is 5.82 Å². The molecule has 3 aromatic rings. The zero-order valence-corrected chi connectivity index (χ0v) is 11.5. The van der Waals surface area contributed by atoms with Gasteiger partial charge in [0.2, 0.25) is 0 Å². The molecule has 0 aliphatic heterocycles. The highest BCUT2D eigenvalue weighted by Crippen LogP contribution is 2.25. The topological polar surface area (TPSA) is 51.8 Å². The van der Waals surface area contributed by atoms with Gasteiger partial charge in [-0.05, 0) is 37.0 Å². The average molecular weight is 263 g/mol. The Morgan fingerprint density at radius 3 is 2.60 bits per heavy atom. The van der Waals surface area contributed by atoms with Gasteiger partial charge in [0.25, 0.3) is 0 Å². The molecule has 0 aliphatic carbocycles. The van der Waals surface area contributed by atoms with Crippen LogP contribution in [0.2, 0.25) is 0 Å². The minimum Gasteiger partial charge on any atom is -0.383 e. The molecule has 3 nitrogen and oxygen atoms in total. The standard InChI is InChI=1S/C17H17N3/c1-12-14(8-7-13-5-3-2-4-6-13)16-11-19-10-9-15(16)17(18)20-12/h2-6,9-11H,7-8H2,1H3,(H2,18,20). The molecule has 100 valence electrons. The van der Waals surface area contributed by atoms with Crippen LogP contribution < -0.4 is 5.73 Å². The highest BCUT2D eigenvalue weighted by Gasteiger charge is 2.09. The summed E-state index contributed by atoms with van der Waals surface area (Å²) in [6.07, 6.45) is 5.60. The number of benzene rings is 1. The van der Waals surface area contributed by atoms with Gasteiger partial charge in [0.05, 0.1) is 0 Å². The molecule has 2 heterocycles. The summed E-state index contributed by atoms with van der Waals surface area (Å²) < 4.78 is 0. The molecule has 0 unspecified atom stereocenters. The first-order valence-corrected chi connectivity index (χ1v) is 6.78. The fourth-order valence-corrected chi connectivity index (χ4v) is 2.59. The molecule has 2 aromatic heterocycles. The Balaban J connectivity index is 1.99. The summed E-state index contributed by atoms with van der Waals surface area (Å²) in [4.78, 5) is 8.69. The van der Waals surface area contributed by atoms with Crippen molar-refractivity contribution in [2.24, 2.45) is 0 Å². The Morgan fingerprint density at radius 1 is 1.00 bits per heavy atom. The van der Waals surface area contributed by atoms with Gasteiger partial charge in [-0.2, -0.15) is 0 Å². The van der Waals surface area contributed by atoms with Crippen molar-refractivity contribution in [1.29, 1.82) is 0 Å². The Hall–Kier alpha value is -2.42. The second-order valence-corrected chi connectivity index (χ2v) is 4.97. The van der Waals surface area contributed by atoms with Crippen LogP contribution in [0, 0.1) is 6.92 Å². The lowest BCUT2D eigenvalue weighted by atomic mass is 9.99. The van der Waals surface area contributed by atoms with E-state index in [1.807, 2.05) is 25.3 Å². The van der Waals surface area contributed by atoms with Crippen LogP contribution in [-0.4, -0.2) is 9.97 Å². The molecule has 2 N–H and O–H groups in total. The highest BCUT2D eigenvalue weighted by molar-refractivity contribution is 5.93. The van der Waals surface area contributed by atoms with Gasteiger partial charge in [-0.15, -0.1) is 0 Å². The van der Waals surface area contributed by atoms with Gasteiger partial charge in [0.15, 0.2) is 0 Å². The Morgan fingerprint density at radius 2 is 1.80 bits per heavy atom. The maximum atomic E-state index is 5.99. The van der Waals surface area contributed by atoms with Gasteiger partial charge in [-0.25, -0.2) is 4.98 Å². The number of fused-ring (bicyclic) bond motifs is 1. The number of anilines is 1. The van der Waals surface area contributed by atoms with Crippen molar-refractivity contribution in [3.05, 3.63) is 65.6 Å². The summed E-state index contributed by atoms with van der Waals surface area (Å²) in [6.45, 7) is 2.02. The smallest absolute Gasteiger partial charge is 0.131 e. The molecule has 1 aromatic carbocycles. The van der Waals surface area contributed by atoms with Crippen LogP contribution in [-0.2, 0) is 12.8 Å². The van der Waals surface area contributed by atoms with Crippen LogP contribution in [0.1, 0.15) is 16.8 Å². The zero-order chi connectivity index (χ0) is 13.9. The van der Waals surface area contributed by atoms with E-state index in [9.17, 15) is 0 Å². The van der Waals surface area contributed by atoms with Crippen molar-refractivity contribution in [3.8, 4) is 0 Å². The van der Waals surface area contributed by atoms with Gasteiger partial charge in [0, 0.05) is 28.9 Å². The van der Waals surface area contributed by atoms with Gasteiger partial charge in [-0.3, -0.25) is 4.98 Å². The van der Waals surface area contributed by atoms with E-state index in [1.54, 1.807) is 6.20 Å². The summed E-state index contributed by atoms with van der Waals surface area (Å²) in [6, 6.07) is 12.4. The van der Waals surface area contributed by atoms with E-state index in [0.717, 1.165) is 29.3 Å². The predicted octanol–water partition coefficient (Wildman–Crippen LogP) is 3.31. The van der Waals surface area contributed by atoms with Crippen LogP contribution in [0.4, 0.5) is 5.82 Å². The first-order valence-electron chi connectivity index (χ1n) is 6.78. The third kappa shape index (κ3) is 2.35. The maximum Gasteiger partial charge on any atom is 0.131 e. The third-order valence-corrected chi connectivity index (χ3v) is 3.65. The first-order chi connectivity index (χ1) is 9.75. The van der Waals surface area contributed by atoms with Crippen molar-refractivity contribution in [1.82, 2.24) is 9.97 Å². The van der Waals surface area contributed by atoms with Crippen molar-refractivity contribution >= 4 is 16.6 Å². The molecule has 20 heavy (non-hydrogen) atoms. The molecular weight excluding hydrogens is 246 g/mol. The minimum absolute atomic E-state index is 0.586. The average Bonchev–Trinajstić information content (AvgIpc) is 2.48. The SMILES string of the molecule is Cc1nc(N)c2ccncc2c1CCc1ccccc1. The number of hydrogen-bond acceptors (Lipinski definition) is 3. The summed E-state index contributed by atoms with van der Waals surface area (Å²) in [5.74, 6) is 0.586. The number of nitrogen functional groups attached to an aromatic ring is 1. The van der Waals surface area contributed by atoms with Crippen LogP contribution in [0.25, 0.3) is 10.8 Å². The van der Waals surface area contributed by atoms with E-state index in [1.165, 1.54) is 11.1 Å². The van der Waals surface area contributed by atoms with E-state index in [-0.39, 0.29) is 0 Å². The Kier molecular flexibility index (Phi) is 3.33. The molecule has 0 aliphatic rings. The lowest BCUT2D eigenvalue weighted by Crippen LogP contribution is -2.02. The minimum atomic E-state index is 0.586. The van der Waals surface area contributed by atoms with Gasteiger partial charge in [0.1, 0.15) is 5.82 Å². The quantitative estimate of drug-likeness (QED) is 0.788. The second-order valence-electron chi connectivity index (χ2n) is 4.97. The number of nitrogens with two attached hydrogens (primary N) is 1. The fraction of sp³-hybridized carbons (Fsp3) is 0.176. The molecule has 0 amide bonds. The second kappa shape index (κ2) is 5.29. The normalized spacial score (nSPS) is 10.8. The molecule has 0 saturated heterocycles. The van der Waals surface area contributed by atoms with E-state index in [4.69, 9.17) is 5.73 Å². The summed E-state index contributed by atoms with van der Waals surface area (Å²) in [5, 5.41) is 2.11. The molecule has 0 atom stereocenters. The van der Waals surface area contributed by atoms with E-state index >= 15 is 0 Å². The van der Waals surface area contributed by atoms with Gasteiger partial charge >= 0.3 is 0 Å². The Labute approximate surface area is 118 Å². The predicted molar refractivity (Wildman–Crippen MR) is 82.5 cm³/mol. The number of aryl methyl sites for hydroxylation is 3. The van der Waals surface area contributed by atoms with Crippen molar-refractivity contribution in [2.45, 2.75) is 19.8 Å². The zero-order valence-electron chi connectivity index (χ0n) is 11.5. The number of rotatable bonds is 3. The number of nitrogens with zero attached hydrogens (tertiary/aromatic N) is 2. The third-order valence-electron chi connectivity index (χ3n) is 3.65. The summed E-state index contributed by atoms with van der Waals surface area (Å²) >= 11 is 0. The van der Waals surface area contributed by atoms with E-state index in [2.05, 4.69) is 34.2 Å². The summed E-state index contributed by atoms with van der Waals surface area (Å²) in [7, 11) is 0. The molecule has 0 spiro atoms. The largest absolute Gasteiger partial charge is 0.383 e. The van der Waals surface area contributed by atoms with Crippen molar-refractivity contribution in [3.63, 3.8) is 0 Å². The lowest BCUT2D eigenvalue weighted by molar-refractivity contribution is 0.943. The van der Waals surface area contributed by atoms with Gasteiger partial charge in [-0.1, -0.05) is 30.3 Å². The highest BCUT2D eigenvalue weighted by atomic mass is 14.8. The van der Waals surface area contributed by atoms with Gasteiger partial charge < -0.3 is 5.73 Å². The van der Waals surface area contributed by atoms with Crippen LogP contribution in [0.3, 0.4) is 0 Å². The van der Waals surface area contributed by atoms with Crippen LogP contribution in [0.5, 0.6) is 0 Å². The molecule has 3 heteroatoms. The number of pyridine rings is 2. The Bertz CT molecular complexity index is 736. The molecule has 3 rings (SSSR count). The molecule has 0 bridgehead atoms. The van der Waals surface area contributed by atoms with E-state index < -0.39 is 0 Å². The van der Waals surface area contributed by atoms with Crippen LogP contribution >= 0.6 is 0 Å². The van der Waals surface area contributed by atoms with Crippen molar-refractivity contribution < 1.29 is 0 Å². The summed E-state index contributed by atoms with van der Waals surface area (Å²) in [5.41, 5.74) is 9.57. The van der Waals surface area contributed by atoms with Crippen molar-refractivity contribution in [2.75, 3.05) is 5.73 Å².